The predicted molar refractivity (Wildman–Crippen MR) is 96.3 cm³/mol. The lowest BCUT2D eigenvalue weighted by Crippen LogP contribution is -2.39. The molecular formula is C17H18N6O2S. The molecule has 0 bridgehead atoms. The Balaban J connectivity index is 1.55. The number of rotatable bonds is 4. The summed E-state index contributed by atoms with van der Waals surface area (Å²) in [5, 5.41) is 5.87. The Labute approximate surface area is 154 Å². The highest BCUT2D eigenvalue weighted by Crippen LogP contribution is 2.34. The molecule has 0 aromatic carbocycles. The summed E-state index contributed by atoms with van der Waals surface area (Å²) in [4.78, 5) is 31.7. The van der Waals surface area contributed by atoms with Crippen molar-refractivity contribution in [2.75, 3.05) is 11.9 Å². The standard InChI is InChI=1S/C17H18N6O2S/c1-11-15(20-10-25-11)16(24)23-7-3-2-4-13(23)12-9-26-17(21-12)22-14-8-18-5-6-19-14/h5-6,8-10,13H,2-4,7H2,1H3,(H,19,21,22)/t13-/m0/s1. The fourth-order valence-electron chi connectivity index (χ4n) is 3.10. The second kappa shape index (κ2) is 7.20. The molecule has 1 saturated heterocycles. The molecular weight excluding hydrogens is 352 g/mol. The van der Waals surface area contributed by atoms with Crippen LogP contribution in [0, 0.1) is 6.92 Å². The number of carbonyl (C=O) groups excluding carboxylic acids is 1. The van der Waals surface area contributed by atoms with E-state index in [0.29, 0.717) is 23.8 Å². The largest absolute Gasteiger partial charge is 0.448 e. The first kappa shape index (κ1) is 16.6. The molecule has 1 atom stereocenters. The van der Waals surface area contributed by atoms with Gasteiger partial charge < -0.3 is 14.6 Å². The maximum Gasteiger partial charge on any atom is 0.276 e. The van der Waals surface area contributed by atoms with Crippen LogP contribution in [-0.4, -0.2) is 37.3 Å². The van der Waals surface area contributed by atoms with E-state index in [-0.39, 0.29) is 11.9 Å². The van der Waals surface area contributed by atoms with Crippen molar-refractivity contribution in [3.8, 4) is 0 Å². The number of anilines is 2. The van der Waals surface area contributed by atoms with Gasteiger partial charge in [0.25, 0.3) is 5.91 Å². The van der Waals surface area contributed by atoms with Gasteiger partial charge in [-0.05, 0) is 26.2 Å². The van der Waals surface area contributed by atoms with Crippen LogP contribution < -0.4 is 5.32 Å². The third-order valence-electron chi connectivity index (χ3n) is 4.37. The number of amides is 1. The molecule has 9 heteroatoms. The van der Waals surface area contributed by atoms with E-state index in [2.05, 4.69) is 25.3 Å². The second-order valence-electron chi connectivity index (χ2n) is 6.06. The van der Waals surface area contributed by atoms with Gasteiger partial charge >= 0.3 is 0 Å². The van der Waals surface area contributed by atoms with Gasteiger partial charge in [-0.25, -0.2) is 15.0 Å². The van der Waals surface area contributed by atoms with Crippen LogP contribution in [0.2, 0.25) is 0 Å². The van der Waals surface area contributed by atoms with Crippen LogP contribution in [-0.2, 0) is 0 Å². The summed E-state index contributed by atoms with van der Waals surface area (Å²) >= 11 is 1.49. The van der Waals surface area contributed by atoms with Crippen molar-refractivity contribution in [2.24, 2.45) is 0 Å². The first-order valence-corrected chi connectivity index (χ1v) is 9.30. The van der Waals surface area contributed by atoms with E-state index in [4.69, 9.17) is 4.42 Å². The molecule has 0 radical (unpaired) electrons. The van der Waals surface area contributed by atoms with Gasteiger partial charge in [-0.1, -0.05) is 0 Å². The molecule has 26 heavy (non-hydrogen) atoms. The van der Waals surface area contributed by atoms with Gasteiger partial charge in [0.15, 0.2) is 23.0 Å². The van der Waals surface area contributed by atoms with Crippen LogP contribution in [0.1, 0.15) is 47.2 Å². The highest BCUT2D eigenvalue weighted by molar-refractivity contribution is 7.13. The highest BCUT2D eigenvalue weighted by atomic mass is 32.1. The van der Waals surface area contributed by atoms with E-state index in [1.807, 2.05) is 10.3 Å². The molecule has 1 N–H and O–H groups in total. The van der Waals surface area contributed by atoms with E-state index in [0.717, 1.165) is 30.1 Å². The minimum atomic E-state index is -0.0996. The third kappa shape index (κ3) is 3.30. The Bertz CT molecular complexity index is 894. The van der Waals surface area contributed by atoms with E-state index in [1.165, 1.54) is 17.7 Å². The quantitative estimate of drug-likeness (QED) is 0.752. The van der Waals surface area contributed by atoms with Crippen molar-refractivity contribution in [3.05, 3.63) is 47.5 Å². The Hall–Kier alpha value is -2.81. The monoisotopic (exact) mass is 370 g/mol. The van der Waals surface area contributed by atoms with Crippen LogP contribution in [0.15, 0.2) is 34.8 Å². The smallest absolute Gasteiger partial charge is 0.276 e. The number of hydrogen-bond donors (Lipinski definition) is 1. The SMILES string of the molecule is Cc1ocnc1C(=O)N1CCCC[C@H]1c1csc(Nc2cnccn2)n1. The van der Waals surface area contributed by atoms with Crippen molar-refractivity contribution in [1.29, 1.82) is 0 Å². The summed E-state index contributed by atoms with van der Waals surface area (Å²) in [6.07, 6.45) is 9.13. The van der Waals surface area contributed by atoms with Crippen LogP contribution >= 0.6 is 11.3 Å². The summed E-state index contributed by atoms with van der Waals surface area (Å²) in [5.41, 5.74) is 1.26. The zero-order valence-electron chi connectivity index (χ0n) is 14.3. The lowest BCUT2D eigenvalue weighted by molar-refractivity contribution is 0.0599. The zero-order valence-corrected chi connectivity index (χ0v) is 15.1. The Kier molecular flexibility index (Phi) is 4.61. The van der Waals surface area contributed by atoms with Gasteiger partial charge in [0.05, 0.1) is 17.9 Å². The van der Waals surface area contributed by atoms with Crippen molar-refractivity contribution < 1.29 is 9.21 Å². The van der Waals surface area contributed by atoms with Crippen LogP contribution in [0.3, 0.4) is 0 Å². The molecule has 0 unspecified atom stereocenters. The first-order valence-electron chi connectivity index (χ1n) is 8.42. The molecule has 1 fully saturated rings. The molecule has 4 rings (SSSR count). The normalized spacial score (nSPS) is 17.3. The second-order valence-corrected chi connectivity index (χ2v) is 6.92. The molecule has 0 saturated carbocycles. The van der Waals surface area contributed by atoms with Gasteiger partial charge in [-0.15, -0.1) is 11.3 Å². The number of carbonyl (C=O) groups is 1. The highest BCUT2D eigenvalue weighted by Gasteiger charge is 2.32. The Morgan fingerprint density at radius 3 is 3.04 bits per heavy atom. The number of thiazole rings is 1. The molecule has 8 nitrogen and oxygen atoms in total. The number of nitrogens with one attached hydrogen (secondary N) is 1. The number of likely N-dealkylation sites (tertiary alicyclic amines) is 1. The molecule has 3 aromatic rings. The minimum absolute atomic E-state index is 0.0546. The number of aryl methyl sites for hydroxylation is 1. The number of hydrogen-bond acceptors (Lipinski definition) is 8. The van der Waals surface area contributed by atoms with E-state index < -0.39 is 0 Å². The topological polar surface area (TPSA) is 97.0 Å². The van der Waals surface area contributed by atoms with Crippen molar-refractivity contribution in [3.63, 3.8) is 0 Å². The molecule has 1 amide bonds. The fourth-order valence-corrected chi connectivity index (χ4v) is 3.86. The summed E-state index contributed by atoms with van der Waals surface area (Å²) in [5.74, 6) is 1.09. The van der Waals surface area contributed by atoms with E-state index in [9.17, 15) is 4.79 Å². The van der Waals surface area contributed by atoms with Gasteiger partial charge in [0.1, 0.15) is 5.76 Å². The maximum absolute atomic E-state index is 12.9. The van der Waals surface area contributed by atoms with Crippen molar-refractivity contribution in [1.82, 2.24) is 24.8 Å². The number of aromatic nitrogens is 4. The summed E-state index contributed by atoms with van der Waals surface area (Å²) in [6.45, 7) is 2.45. The molecule has 3 aromatic heterocycles. The number of oxazole rings is 1. The van der Waals surface area contributed by atoms with Crippen LogP contribution in [0.25, 0.3) is 0 Å². The average Bonchev–Trinajstić information content (AvgIpc) is 3.31. The predicted octanol–water partition coefficient (Wildman–Crippen LogP) is 3.34. The fraction of sp³-hybridized carbons (Fsp3) is 0.353. The van der Waals surface area contributed by atoms with E-state index >= 15 is 0 Å². The Morgan fingerprint density at radius 2 is 2.27 bits per heavy atom. The van der Waals surface area contributed by atoms with Crippen molar-refractivity contribution in [2.45, 2.75) is 32.2 Å². The number of nitrogens with zero attached hydrogens (tertiary/aromatic N) is 5. The maximum atomic E-state index is 12.9. The van der Waals surface area contributed by atoms with Crippen molar-refractivity contribution >= 4 is 28.2 Å². The molecule has 1 aliphatic rings. The van der Waals surface area contributed by atoms with E-state index in [1.54, 1.807) is 25.5 Å². The zero-order chi connectivity index (χ0) is 17.9. The van der Waals surface area contributed by atoms with Gasteiger partial charge in [-0.3, -0.25) is 9.78 Å². The third-order valence-corrected chi connectivity index (χ3v) is 5.15. The summed E-state index contributed by atoms with van der Waals surface area (Å²) in [7, 11) is 0. The van der Waals surface area contributed by atoms with Crippen LogP contribution in [0.5, 0.6) is 0 Å². The van der Waals surface area contributed by atoms with Gasteiger partial charge in [0.2, 0.25) is 0 Å². The average molecular weight is 370 g/mol. The van der Waals surface area contributed by atoms with Gasteiger partial charge in [-0.2, -0.15) is 0 Å². The summed E-state index contributed by atoms with van der Waals surface area (Å²) < 4.78 is 5.19. The number of piperidine rings is 1. The Morgan fingerprint density at radius 1 is 1.35 bits per heavy atom. The molecule has 134 valence electrons. The lowest BCUT2D eigenvalue weighted by Gasteiger charge is -2.34. The first-order chi connectivity index (χ1) is 12.7. The summed E-state index contributed by atoms with van der Waals surface area (Å²) in [6, 6.07) is -0.0546. The van der Waals surface area contributed by atoms with Crippen LogP contribution in [0.4, 0.5) is 10.9 Å². The molecule has 0 spiro atoms. The molecule has 1 aliphatic heterocycles. The minimum Gasteiger partial charge on any atom is -0.448 e. The van der Waals surface area contributed by atoms with Gasteiger partial charge in [0, 0.05) is 24.3 Å². The molecule has 0 aliphatic carbocycles. The lowest BCUT2D eigenvalue weighted by atomic mass is 9.99. The molecule has 4 heterocycles.